The average Bonchev–Trinajstić information content (AvgIpc) is 2.45. The second-order valence-electron chi connectivity index (χ2n) is 2.23. The van der Waals surface area contributed by atoms with Crippen LogP contribution in [0.1, 0.15) is 0 Å². The molecule has 4 heteroatoms. The molecule has 0 amide bonds. The van der Waals surface area contributed by atoms with Crippen molar-refractivity contribution in [1.82, 2.24) is 4.73 Å². The summed E-state index contributed by atoms with van der Waals surface area (Å²) in [6.45, 7) is 0. The molecule has 0 fully saturated rings. The lowest BCUT2D eigenvalue weighted by Gasteiger charge is -1.96. The van der Waals surface area contributed by atoms with E-state index >= 15 is 0 Å². The van der Waals surface area contributed by atoms with Crippen molar-refractivity contribution in [2.45, 2.75) is 0 Å². The molecule has 2 aromatic rings. The number of fused-ring (bicyclic) bond motifs is 1. The van der Waals surface area contributed by atoms with E-state index in [2.05, 4.69) is 0 Å². The van der Waals surface area contributed by atoms with Crippen molar-refractivity contribution in [2.75, 3.05) is 12.8 Å². The van der Waals surface area contributed by atoms with Crippen molar-refractivity contribution >= 4 is 17.0 Å². The summed E-state index contributed by atoms with van der Waals surface area (Å²) in [4.78, 5) is 4.95. The Kier molecular flexibility index (Phi) is 1.09. The fraction of sp³-hybridized carbons (Fsp3) is 0.143. The summed E-state index contributed by atoms with van der Waals surface area (Å²) in [5.41, 5.74) is 6.07. The highest BCUT2D eigenvalue weighted by atomic mass is 16.7. The molecule has 0 saturated carbocycles. The lowest BCUT2D eigenvalue weighted by Crippen LogP contribution is -2.01. The molecule has 0 spiro atoms. The van der Waals surface area contributed by atoms with Crippen molar-refractivity contribution < 1.29 is 9.25 Å². The quantitative estimate of drug-likeness (QED) is 0.659. The van der Waals surface area contributed by atoms with E-state index in [0.29, 0.717) is 11.6 Å². The zero-order valence-electron chi connectivity index (χ0n) is 6.07. The Labute approximate surface area is 63.1 Å². The van der Waals surface area contributed by atoms with Crippen LogP contribution < -0.4 is 10.6 Å². The van der Waals surface area contributed by atoms with Crippen molar-refractivity contribution in [3.05, 3.63) is 18.3 Å². The van der Waals surface area contributed by atoms with Crippen LogP contribution in [0, 0.1) is 0 Å². The number of hydrogen-bond acceptors (Lipinski definition) is 3. The van der Waals surface area contributed by atoms with E-state index in [1.54, 1.807) is 19.4 Å². The fourth-order valence-corrected chi connectivity index (χ4v) is 1.07. The molecule has 0 aliphatic heterocycles. The molecule has 2 heterocycles. The first-order valence-electron chi connectivity index (χ1n) is 3.22. The van der Waals surface area contributed by atoms with Crippen molar-refractivity contribution in [3.63, 3.8) is 0 Å². The van der Waals surface area contributed by atoms with Crippen LogP contribution >= 0.6 is 0 Å². The van der Waals surface area contributed by atoms with E-state index < -0.39 is 0 Å². The predicted molar refractivity (Wildman–Crippen MR) is 41.1 cm³/mol. The molecule has 2 rings (SSSR count). The Bertz CT molecular complexity index is 375. The molecular weight excluding hydrogens is 144 g/mol. The molecule has 0 bridgehead atoms. The van der Waals surface area contributed by atoms with Crippen LogP contribution in [0.2, 0.25) is 0 Å². The first kappa shape index (κ1) is 6.15. The Morgan fingerprint density at radius 3 is 3.18 bits per heavy atom. The maximum Gasteiger partial charge on any atom is 0.242 e. The largest absolute Gasteiger partial charge is 0.421 e. The standard InChI is InChI=1S/C7H8N2O2/c1-10-9-3-2-5-4-6(8)11-7(5)9/h2-4H,8H2,1H3. The normalized spacial score (nSPS) is 10.6. The fourth-order valence-electron chi connectivity index (χ4n) is 1.07. The van der Waals surface area contributed by atoms with E-state index in [4.69, 9.17) is 15.0 Å². The Morgan fingerprint density at radius 2 is 2.45 bits per heavy atom. The number of aromatic nitrogens is 1. The number of nitrogen functional groups attached to an aromatic ring is 1. The second kappa shape index (κ2) is 1.95. The van der Waals surface area contributed by atoms with Crippen LogP contribution in [0.15, 0.2) is 22.7 Å². The third-order valence-electron chi connectivity index (χ3n) is 1.55. The van der Waals surface area contributed by atoms with Gasteiger partial charge in [-0.05, 0) is 6.07 Å². The number of furan rings is 1. The highest BCUT2D eigenvalue weighted by Crippen LogP contribution is 2.20. The zero-order chi connectivity index (χ0) is 7.84. The van der Waals surface area contributed by atoms with Gasteiger partial charge in [0.25, 0.3) is 0 Å². The molecule has 0 aromatic carbocycles. The van der Waals surface area contributed by atoms with Gasteiger partial charge in [-0.1, -0.05) is 0 Å². The van der Waals surface area contributed by atoms with Crippen molar-refractivity contribution in [3.8, 4) is 0 Å². The minimum absolute atomic E-state index is 0.404. The van der Waals surface area contributed by atoms with Gasteiger partial charge < -0.3 is 15.0 Å². The molecule has 58 valence electrons. The summed E-state index contributed by atoms with van der Waals surface area (Å²) >= 11 is 0. The lowest BCUT2D eigenvalue weighted by molar-refractivity contribution is 0.170. The summed E-state index contributed by atoms with van der Waals surface area (Å²) in [5.74, 6) is 0.404. The minimum Gasteiger partial charge on any atom is -0.421 e. The van der Waals surface area contributed by atoms with Crippen LogP contribution in [0.25, 0.3) is 11.1 Å². The highest BCUT2D eigenvalue weighted by Gasteiger charge is 2.05. The molecule has 2 aromatic heterocycles. The molecule has 0 aliphatic carbocycles. The number of hydrogen-bond donors (Lipinski definition) is 1. The van der Waals surface area contributed by atoms with E-state index in [0.717, 1.165) is 5.39 Å². The Balaban J connectivity index is 2.73. The van der Waals surface area contributed by atoms with E-state index in [1.807, 2.05) is 6.07 Å². The minimum atomic E-state index is 0.404. The van der Waals surface area contributed by atoms with E-state index in [9.17, 15) is 0 Å². The van der Waals surface area contributed by atoms with Crippen LogP contribution in [-0.4, -0.2) is 11.8 Å². The van der Waals surface area contributed by atoms with Crippen LogP contribution in [0.3, 0.4) is 0 Å². The third kappa shape index (κ3) is 0.756. The topological polar surface area (TPSA) is 53.3 Å². The maximum atomic E-state index is 5.42. The third-order valence-corrected chi connectivity index (χ3v) is 1.55. The molecule has 0 atom stereocenters. The van der Waals surface area contributed by atoms with Crippen LogP contribution in [-0.2, 0) is 0 Å². The lowest BCUT2D eigenvalue weighted by atomic mass is 10.4. The summed E-state index contributed by atoms with van der Waals surface area (Å²) in [7, 11) is 1.57. The molecule has 0 radical (unpaired) electrons. The second-order valence-corrected chi connectivity index (χ2v) is 2.23. The molecule has 0 unspecified atom stereocenters. The highest BCUT2D eigenvalue weighted by molar-refractivity contribution is 5.77. The van der Waals surface area contributed by atoms with Gasteiger partial charge in [0, 0.05) is 17.6 Å². The van der Waals surface area contributed by atoms with Gasteiger partial charge in [-0.15, -0.1) is 0 Å². The summed E-state index contributed by atoms with van der Waals surface area (Å²) < 4.78 is 6.67. The number of nitrogens with zero attached hydrogens (tertiary/aromatic N) is 1. The molecular formula is C7H8N2O2. The van der Waals surface area contributed by atoms with Gasteiger partial charge in [0.05, 0.1) is 0 Å². The first-order valence-corrected chi connectivity index (χ1v) is 3.22. The Morgan fingerprint density at radius 1 is 1.64 bits per heavy atom. The van der Waals surface area contributed by atoms with Crippen LogP contribution in [0.4, 0.5) is 5.88 Å². The number of nitrogens with two attached hydrogens (primary N) is 1. The SMILES string of the molecule is COn1ccc2cc(N)oc21. The number of anilines is 1. The summed E-state index contributed by atoms with van der Waals surface area (Å²) in [6.07, 6.45) is 1.77. The molecule has 0 aliphatic rings. The molecule has 4 nitrogen and oxygen atoms in total. The van der Waals surface area contributed by atoms with Gasteiger partial charge in [0.15, 0.2) is 5.88 Å². The van der Waals surface area contributed by atoms with Crippen molar-refractivity contribution in [2.24, 2.45) is 0 Å². The van der Waals surface area contributed by atoms with Crippen LogP contribution in [0.5, 0.6) is 0 Å². The monoisotopic (exact) mass is 152 g/mol. The first-order chi connectivity index (χ1) is 5.31. The average molecular weight is 152 g/mol. The molecule has 2 N–H and O–H groups in total. The van der Waals surface area contributed by atoms with Gasteiger partial charge in [0.1, 0.15) is 7.11 Å². The van der Waals surface area contributed by atoms with Gasteiger partial charge in [-0.3, -0.25) is 0 Å². The zero-order valence-corrected chi connectivity index (χ0v) is 6.07. The van der Waals surface area contributed by atoms with E-state index in [1.165, 1.54) is 4.73 Å². The maximum absolute atomic E-state index is 5.42. The molecule has 0 saturated heterocycles. The summed E-state index contributed by atoms with van der Waals surface area (Å²) in [5, 5.41) is 0.948. The predicted octanol–water partition coefficient (Wildman–Crippen LogP) is 0.875. The smallest absolute Gasteiger partial charge is 0.242 e. The number of rotatable bonds is 1. The Hall–Kier alpha value is -1.58. The van der Waals surface area contributed by atoms with Crippen molar-refractivity contribution in [1.29, 1.82) is 0 Å². The van der Waals surface area contributed by atoms with Gasteiger partial charge >= 0.3 is 0 Å². The van der Waals surface area contributed by atoms with E-state index in [-0.39, 0.29) is 0 Å². The van der Waals surface area contributed by atoms with Gasteiger partial charge in [-0.2, -0.15) is 4.73 Å². The van der Waals surface area contributed by atoms with Gasteiger partial charge in [-0.25, -0.2) is 0 Å². The van der Waals surface area contributed by atoms with Gasteiger partial charge in [0.2, 0.25) is 5.71 Å². The summed E-state index contributed by atoms with van der Waals surface area (Å²) in [6, 6.07) is 3.63. The molecule has 11 heavy (non-hydrogen) atoms.